The molecular formula is C9H12O8. The summed E-state index contributed by atoms with van der Waals surface area (Å²) in [5.41, 5.74) is -1.88. The summed E-state index contributed by atoms with van der Waals surface area (Å²) in [7, 11) is 0. The summed E-state index contributed by atoms with van der Waals surface area (Å²) in [6, 6.07) is 0. The summed E-state index contributed by atoms with van der Waals surface area (Å²) in [4.78, 5) is 41.8. The van der Waals surface area contributed by atoms with Crippen molar-refractivity contribution in [1.29, 1.82) is 0 Å². The third kappa shape index (κ3) is 4.09. The minimum atomic E-state index is -1.88. The van der Waals surface area contributed by atoms with Gasteiger partial charge in [-0.25, -0.2) is 0 Å². The Hall–Kier alpha value is -2.12. The van der Waals surface area contributed by atoms with Gasteiger partial charge in [0.2, 0.25) is 0 Å². The Bertz CT molecular complexity index is 312. The van der Waals surface area contributed by atoms with Gasteiger partial charge in [-0.3, -0.25) is 19.2 Å². The second-order valence-electron chi connectivity index (χ2n) is 3.44. The molecular weight excluding hydrogens is 236 g/mol. The van der Waals surface area contributed by atoms with Gasteiger partial charge in [-0.15, -0.1) is 0 Å². The van der Waals surface area contributed by atoms with E-state index in [1.165, 1.54) is 0 Å². The largest absolute Gasteiger partial charge is 0.481 e. The van der Waals surface area contributed by atoms with Crippen LogP contribution in [0.2, 0.25) is 0 Å². The minimum absolute atomic E-state index is 0.0259. The van der Waals surface area contributed by atoms with Crippen LogP contribution in [-0.2, 0) is 28.7 Å². The van der Waals surface area contributed by atoms with E-state index in [9.17, 15) is 19.2 Å². The minimum Gasteiger partial charge on any atom is -0.481 e. The van der Waals surface area contributed by atoms with Gasteiger partial charge in [0.1, 0.15) is 12.0 Å². The van der Waals surface area contributed by atoms with Crippen LogP contribution in [0.3, 0.4) is 0 Å². The molecule has 0 aliphatic carbocycles. The van der Waals surface area contributed by atoms with E-state index in [-0.39, 0.29) is 12.9 Å². The number of aliphatic carboxylic acids is 2. The van der Waals surface area contributed by atoms with E-state index in [0.717, 1.165) is 6.92 Å². The molecule has 0 amide bonds. The molecule has 8 heteroatoms. The van der Waals surface area contributed by atoms with Gasteiger partial charge < -0.3 is 19.7 Å². The van der Waals surface area contributed by atoms with Crippen molar-refractivity contribution in [2.24, 2.45) is 5.41 Å². The molecule has 0 aliphatic heterocycles. The fourth-order valence-corrected chi connectivity index (χ4v) is 1.21. The molecule has 0 radical (unpaired) electrons. The second kappa shape index (κ2) is 6.46. The van der Waals surface area contributed by atoms with Crippen molar-refractivity contribution in [3.63, 3.8) is 0 Å². The standard InChI is InChI=1S/C9H12O8/c1-9(8(14)15,2-7(12)13)6(17-5-11)3-16-4-10/h4-6H,2-3H2,1H3,(H,12,13)(H,14,15). The lowest BCUT2D eigenvalue weighted by molar-refractivity contribution is -0.172. The predicted molar refractivity (Wildman–Crippen MR) is 50.9 cm³/mol. The van der Waals surface area contributed by atoms with E-state index in [1.807, 2.05) is 0 Å². The molecule has 0 fully saturated rings. The predicted octanol–water partition coefficient (Wildman–Crippen LogP) is -0.733. The zero-order valence-electron chi connectivity index (χ0n) is 8.99. The normalized spacial score (nSPS) is 15.1. The van der Waals surface area contributed by atoms with Gasteiger partial charge in [0.25, 0.3) is 12.9 Å². The Kier molecular flexibility index (Phi) is 5.65. The number of carboxylic acids is 2. The average molecular weight is 248 g/mol. The SMILES string of the molecule is CC(CC(=O)O)(C(=O)O)C(COC=O)OC=O. The molecule has 0 aromatic rings. The number of hydrogen-bond donors (Lipinski definition) is 2. The van der Waals surface area contributed by atoms with Crippen LogP contribution in [0.4, 0.5) is 0 Å². The Balaban J connectivity index is 5.04. The van der Waals surface area contributed by atoms with Gasteiger partial charge in [-0.05, 0) is 6.92 Å². The van der Waals surface area contributed by atoms with Crippen molar-refractivity contribution in [2.45, 2.75) is 19.4 Å². The van der Waals surface area contributed by atoms with Crippen molar-refractivity contribution in [3.05, 3.63) is 0 Å². The van der Waals surface area contributed by atoms with E-state index in [1.54, 1.807) is 0 Å². The highest BCUT2D eigenvalue weighted by atomic mass is 16.6. The van der Waals surface area contributed by atoms with Crippen molar-refractivity contribution in [2.75, 3.05) is 6.61 Å². The zero-order valence-corrected chi connectivity index (χ0v) is 8.99. The molecule has 0 spiro atoms. The first kappa shape index (κ1) is 14.9. The number of carbonyl (C=O) groups excluding carboxylic acids is 2. The van der Waals surface area contributed by atoms with Gasteiger partial charge in [0, 0.05) is 0 Å². The van der Waals surface area contributed by atoms with Crippen LogP contribution in [0.25, 0.3) is 0 Å². The van der Waals surface area contributed by atoms with Gasteiger partial charge >= 0.3 is 11.9 Å². The second-order valence-corrected chi connectivity index (χ2v) is 3.44. The fourth-order valence-electron chi connectivity index (χ4n) is 1.21. The Morgan fingerprint density at radius 3 is 2.24 bits per heavy atom. The molecule has 2 N–H and O–H groups in total. The number of carboxylic acid groups (broad SMARTS) is 2. The molecule has 96 valence electrons. The molecule has 0 aromatic heterocycles. The van der Waals surface area contributed by atoms with Gasteiger partial charge in [-0.2, -0.15) is 0 Å². The zero-order chi connectivity index (χ0) is 13.5. The summed E-state index contributed by atoms with van der Waals surface area (Å²) in [5.74, 6) is -2.85. The quantitative estimate of drug-likeness (QED) is 0.511. The molecule has 0 saturated heterocycles. The number of hydrogen-bond acceptors (Lipinski definition) is 6. The molecule has 0 aliphatic rings. The average Bonchev–Trinajstić information content (AvgIpc) is 2.22. The van der Waals surface area contributed by atoms with Crippen LogP contribution in [0.5, 0.6) is 0 Å². The molecule has 0 aromatic carbocycles. The number of carbonyl (C=O) groups is 4. The van der Waals surface area contributed by atoms with Crippen LogP contribution < -0.4 is 0 Å². The number of ether oxygens (including phenoxy) is 2. The van der Waals surface area contributed by atoms with Crippen LogP contribution in [0.1, 0.15) is 13.3 Å². The molecule has 17 heavy (non-hydrogen) atoms. The summed E-state index contributed by atoms with van der Waals surface area (Å²) in [6.45, 7) is 0.580. The summed E-state index contributed by atoms with van der Waals surface area (Å²) >= 11 is 0. The highest BCUT2D eigenvalue weighted by molar-refractivity contribution is 5.82. The van der Waals surface area contributed by atoms with Gasteiger partial charge in [0.05, 0.1) is 6.42 Å². The monoisotopic (exact) mass is 248 g/mol. The molecule has 0 bridgehead atoms. The summed E-state index contributed by atoms with van der Waals surface area (Å²) < 4.78 is 8.77. The van der Waals surface area contributed by atoms with Crippen molar-refractivity contribution in [1.82, 2.24) is 0 Å². The van der Waals surface area contributed by atoms with E-state index < -0.39 is 36.5 Å². The maximum absolute atomic E-state index is 11.0. The highest BCUT2D eigenvalue weighted by Crippen LogP contribution is 2.29. The third-order valence-corrected chi connectivity index (χ3v) is 2.25. The topological polar surface area (TPSA) is 127 Å². The van der Waals surface area contributed by atoms with Crippen LogP contribution in [0.15, 0.2) is 0 Å². The Morgan fingerprint density at radius 1 is 1.29 bits per heavy atom. The lowest BCUT2D eigenvalue weighted by Gasteiger charge is -2.30. The van der Waals surface area contributed by atoms with E-state index >= 15 is 0 Å². The molecule has 0 saturated carbocycles. The molecule has 2 atom stereocenters. The fraction of sp³-hybridized carbons (Fsp3) is 0.556. The van der Waals surface area contributed by atoms with Gasteiger partial charge in [-0.1, -0.05) is 0 Å². The lowest BCUT2D eigenvalue weighted by atomic mass is 9.81. The summed E-state index contributed by atoms with van der Waals surface area (Å²) in [6.07, 6.45) is -2.15. The summed E-state index contributed by atoms with van der Waals surface area (Å²) in [5, 5.41) is 17.6. The van der Waals surface area contributed by atoms with Crippen molar-refractivity contribution in [3.8, 4) is 0 Å². The van der Waals surface area contributed by atoms with Gasteiger partial charge in [0.15, 0.2) is 6.10 Å². The van der Waals surface area contributed by atoms with Crippen molar-refractivity contribution >= 4 is 24.9 Å². The highest BCUT2D eigenvalue weighted by Gasteiger charge is 2.45. The Labute approximate surface area is 96.1 Å². The smallest absolute Gasteiger partial charge is 0.313 e. The Morgan fingerprint density at radius 2 is 1.88 bits per heavy atom. The van der Waals surface area contributed by atoms with Crippen LogP contribution in [-0.4, -0.2) is 47.8 Å². The molecule has 0 heterocycles. The maximum atomic E-state index is 11.0. The van der Waals surface area contributed by atoms with Crippen LogP contribution in [0, 0.1) is 5.41 Å². The van der Waals surface area contributed by atoms with Crippen molar-refractivity contribution < 1.29 is 38.9 Å². The first-order chi connectivity index (χ1) is 7.88. The van der Waals surface area contributed by atoms with E-state index in [4.69, 9.17) is 10.2 Å². The molecule has 8 nitrogen and oxygen atoms in total. The molecule has 0 rings (SSSR count). The van der Waals surface area contributed by atoms with E-state index in [2.05, 4.69) is 9.47 Å². The first-order valence-electron chi connectivity index (χ1n) is 4.48. The van der Waals surface area contributed by atoms with E-state index in [0.29, 0.717) is 0 Å². The molecule has 2 unspecified atom stereocenters. The lowest BCUT2D eigenvalue weighted by Crippen LogP contribution is -2.45. The van der Waals surface area contributed by atoms with Crippen LogP contribution >= 0.6 is 0 Å². The third-order valence-electron chi connectivity index (χ3n) is 2.25. The maximum Gasteiger partial charge on any atom is 0.313 e. The first-order valence-corrected chi connectivity index (χ1v) is 4.48. The number of rotatable bonds is 9.